The minimum Gasteiger partial charge on any atom is -0.546 e. The number of carboxylic acids is 1. The van der Waals surface area contributed by atoms with Gasteiger partial charge in [-0.2, -0.15) is 0 Å². The molecule has 0 aliphatic carbocycles. The molecule has 23 heavy (non-hydrogen) atoms. The molecular weight excluding hydrogens is 298 g/mol. The van der Waals surface area contributed by atoms with E-state index in [0.717, 1.165) is 0 Å². The summed E-state index contributed by atoms with van der Waals surface area (Å²) in [5.41, 5.74) is 0.555. The van der Waals surface area contributed by atoms with Gasteiger partial charge in [0, 0.05) is 5.69 Å². The van der Waals surface area contributed by atoms with E-state index in [2.05, 4.69) is 5.32 Å². The van der Waals surface area contributed by atoms with Crippen LogP contribution in [0.5, 0.6) is 11.5 Å². The number of benzene rings is 2. The Kier molecular flexibility index (Phi) is 5.57. The van der Waals surface area contributed by atoms with Crippen molar-refractivity contribution in [2.75, 3.05) is 11.9 Å². The molecule has 0 aromatic heterocycles. The fourth-order valence-electron chi connectivity index (χ4n) is 1.78. The van der Waals surface area contributed by atoms with Gasteiger partial charge in [-0.15, -0.1) is 0 Å². The summed E-state index contributed by atoms with van der Waals surface area (Å²) < 4.78 is 10.5. The SMILES string of the molecule is C[C@H](Oc1ccccc1)C(=O)Nc1ccc(OCC(=O)[O-])cc1. The van der Waals surface area contributed by atoms with E-state index >= 15 is 0 Å². The van der Waals surface area contributed by atoms with Crippen LogP contribution in [0, 0.1) is 0 Å². The quantitative estimate of drug-likeness (QED) is 0.830. The predicted octanol–water partition coefficient (Wildman–Crippen LogP) is 1.22. The van der Waals surface area contributed by atoms with Crippen molar-refractivity contribution >= 4 is 17.6 Å². The van der Waals surface area contributed by atoms with Gasteiger partial charge in [-0.1, -0.05) is 18.2 Å². The van der Waals surface area contributed by atoms with Gasteiger partial charge < -0.3 is 24.7 Å². The Bertz CT molecular complexity index is 654. The molecule has 0 aliphatic rings. The van der Waals surface area contributed by atoms with Gasteiger partial charge in [-0.05, 0) is 43.3 Å². The van der Waals surface area contributed by atoms with Crippen LogP contribution in [-0.2, 0) is 9.59 Å². The smallest absolute Gasteiger partial charge is 0.265 e. The zero-order valence-electron chi connectivity index (χ0n) is 12.5. The van der Waals surface area contributed by atoms with E-state index in [9.17, 15) is 14.7 Å². The van der Waals surface area contributed by atoms with E-state index in [-0.39, 0.29) is 5.91 Å². The largest absolute Gasteiger partial charge is 0.546 e. The van der Waals surface area contributed by atoms with Crippen LogP contribution >= 0.6 is 0 Å². The number of rotatable bonds is 7. The number of hydrogen-bond donors (Lipinski definition) is 1. The van der Waals surface area contributed by atoms with Crippen LogP contribution in [0.25, 0.3) is 0 Å². The van der Waals surface area contributed by atoms with E-state index in [4.69, 9.17) is 9.47 Å². The zero-order chi connectivity index (χ0) is 16.7. The minimum absolute atomic E-state index is 0.294. The fourth-order valence-corrected chi connectivity index (χ4v) is 1.78. The van der Waals surface area contributed by atoms with Crippen molar-refractivity contribution in [3.8, 4) is 11.5 Å². The Morgan fingerprint density at radius 3 is 2.30 bits per heavy atom. The molecule has 0 bridgehead atoms. The lowest BCUT2D eigenvalue weighted by Gasteiger charge is -2.15. The minimum atomic E-state index is -1.30. The number of carbonyl (C=O) groups is 2. The van der Waals surface area contributed by atoms with Gasteiger partial charge in [-0.25, -0.2) is 0 Å². The second kappa shape index (κ2) is 7.84. The number of aliphatic carboxylic acids is 1. The Morgan fingerprint density at radius 2 is 1.70 bits per heavy atom. The van der Waals surface area contributed by atoms with Gasteiger partial charge in [0.15, 0.2) is 6.10 Å². The van der Waals surface area contributed by atoms with Crippen LogP contribution in [0.15, 0.2) is 54.6 Å². The summed E-state index contributed by atoms with van der Waals surface area (Å²) in [7, 11) is 0. The normalized spacial score (nSPS) is 11.3. The Hall–Kier alpha value is -3.02. The molecular formula is C17H16NO5-. The van der Waals surface area contributed by atoms with Gasteiger partial charge in [0.2, 0.25) is 0 Å². The lowest BCUT2D eigenvalue weighted by Crippen LogP contribution is -2.30. The number of carboxylic acid groups (broad SMARTS) is 1. The standard InChI is InChI=1S/C17H17NO5/c1-12(23-15-5-3-2-4-6-15)17(21)18-13-7-9-14(10-8-13)22-11-16(19)20/h2-10,12H,11H2,1H3,(H,18,21)(H,19,20)/p-1/t12-/m0/s1. The number of hydrogen-bond acceptors (Lipinski definition) is 5. The summed E-state index contributed by atoms with van der Waals surface area (Å²) in [6.45, 7) is 1.13. The average molecular weight is 314 g/mol. The molecule has 2 aromatic rings. The molecule has 120 valence electrons. The number of carbonyl (C=O) groups excluding carboxylic acids is 2. The lowest BCUT2D eigenvalue weighted by molar-refractivity contribution is -0.307. The Morgan fingerprint density at radius 1 is 1.04 bits per heavy atom. The molecule has 0 aliphatic heterocycles. The summed E-state index contributed by atoms with van der Waals surface area (Å²) in [6, 6.07) is 15.4. The van der Waals surface area contributed by atoms with Crippen molar-refractivity contribution in [2.45, 2.75) is 13.0 Å². The summed E-state index contributed by atoms with van der Waals surface area (Å²) in [5, 5.41) is 13.0. The molecule has 0 radical (unpaired) electrons. The first-order valence-corrected chi connectivity index (χ1v) is 7.00. The van der Waals surface area contributed by atoms with Gasteiger partial charge in [0.25, 0.3) is 5.91 Å². The van der Waals surface area contributed by atoms with E-state index in [1.165, 1.54) is 0 Å². The molecule has 0 spiro atoms. The third-order valence-corrected chi connectivity index (χ3v) is 2.90. The van der Waals surface area contributed by atoms with Gasteiger partial charge in [-0.3, -0.25) is 4.79 Å². The van der Waals surface area contributed by atoms with Crippen molar-refractivity contribution in [3.63, 3.8) is 0 Å². The van der Waals surface area contributed by atoms with Crippen LogP contribution in [0.1, 0.15) is 6.92 Å². The predicted molar refractivity (Wildman–Crippen MR) is 82.1 cm³/mol. The first kappa shape index (κ1) is 16.4. The monoisotopic (exact) mass is 314 g/mol. The second-order valence-electron chi connectivity index (χ2n) is 4.75. The number of anilines is 1. The molecule has 0 saturated heterocycles. The molecule has 2 rings (SSSR count). The molecule has 6 nitrogen and oxygen atoms in total. The first-order valence-electron chi connectivity index (χ1n) is 7.00. The summed E-state index contributed by atoms with van der Waals surface area (Å²) in [4.78, 5) is 22.4. The fraction of sp³-hybridized carbons (Fsp3) is 0.176. The van der Waals surface area contributed by atoms with Crippen LogP contribution in [0.2, 0.25) is 0 Å². The molecule has 0 saturated carbocycles. The van der Waals surface area contributed by atoms with Gasteiger partial charge >= 0.3 is 0 Å². The van der Waals surface area contributed by atoms with Crippen molar-refractivity contribution < 1.29 is 24.2 Å². The lowest BCUT2D eigenvalue weighted by atomic mass is 10.2. The maximum atomic E-state index is 12.1. The molecule has 0 unspecified atom stereocenters. The highest BCUT2D eigenvalue weighted by Gasteiger charge is 2.14. The third-order valence-electron chi connectivity index (χ3n) is 2.90. The summed E-state index contributed by atoms with van der Waals surface area (Å²) >= 11 is 0. The first-order chi connectivity index (χ1) is 11.0. The maximum Gasteiger partial charge on any atom is 0.265 e. The highest BCUT2D eigenvalue weighted by molar-refractivity contribution is 5.94. The molecule has 2 aromatic carbocycles. The number of amides is 1. The zero-order valence-corrected chi connectivity index (χ0v) is 12.5. The highest BCUT2D eigenvalue weighted by Crippen LogP contribution is 2.17. The van der Waals surface area contributed by atoms with E-state index < -0.39 is 18.7 Å². The van der Waals surface area contributed by atoms with Gasteiger partial charge in [0.1, 0.15) is 18.1 Å². The Labute approximate surface area is 133 Å². The van der Waals surface area contributed by atoms with Crippen LogP contribution < -0.4 is 19.9 Å². The van der Waals surface area contributed by atoms with Crippen LogP contribution in [0.3, 0.4) is 0 Å². The van der Waals surface area contributed by atoms with Crippen LogP contribution in [0.4, 0.5) is 5.69 Å². The molecule has 1 N–H and O–H groups in total. The van der Waals surface area contributed by atoms with E-state index in [0.29, 0.717) is 17.2 Å². The van der Waals surface area contributed by atoms with E-state index in [1.807, 2.05) is 18.2 Å². The molecule has 0 heterocycles. The molecule has 0 fully saturated rings. The average Bonchev–Trinajstić information content (AvgIpc) is 2.55. The maximum absolute atomic E-state index is 12.1. The number of para-hydroxylation sites is 1. The Balaban J connectivity index is 1.88. The van der Waals surface area contributed by atoms with Crippen molar-refractivity contribution in [1.29, 1.82) is 0 Å². The van der Waals surface area contributed by atoms with Crippen LogP contribution in [-0.4, -0.2) is 24.6 Å². The molecule has 6 heteroatoms. The van der Waals surface area contributed by atoms with E-state index in [1.54, 1.807) is 43.3 Å². The second-order valence-corrected chi connectivity index (χ2v) is 4.75. The highest BCUT2D eigenvalue weighted by atomic mass is 16.5. The van der Waals surface area contributed by atoms with Crippen molar-refractivity contribution in [1.82, 2.24) is 0 Å². The molecule has 1 amide bonds. The van der Waals surface area contributed by atoms with Gasteiger partial charge in [0.05, 0.1) is 5.97 Å². The number of nitrogens with one attached hydrogen (secondary N) is 1. The number of ether oxygens (including phenoxy) is 2. The van der Waals surface area contributed by atoms with Crippen molar-refractivity contribution in [3.05, 3.63) is 54.6 Å². The summed E-state index contributed by atoms with van der Waals surface area (Å²) in [6.07, 6.45) is -0.661. The molecule has 1 atom stereocenters. The van der Waals surface area contributed by atoms with Crippen molar-refractivity contribution in [2.24, 2.45) is 0 Å². The summed E-state index contributed by atoms with van der Waals surface area (Å²) in [5.74, 6) is -0.603. The topological polar surface area (TPSA) is 87.7 Å². The third kappa shape index (κ3) is 5.35.